The van der Waals surface area contributed by atoms with E-state index < -0.39 is 12.1 Å². The predicted molar refractivity (Wildman–Crippen MR) is 106 cm³/mol. The maximum atomic E-state index is 12.1. The van der Waals surface area contributed by atoms with Crippen LogP contribution in [-0.2, 0) is 14.3 Å². The van der Waals surface area contributed by atoms with Crippen molar-refractivity contribution in [3.63, 3.8) is 0 Å². The summed E-state index contributed by atoms with van der Waals surface area (Å²) in [6.07, 6.45) is 1.99. The summed E-state index contributed by atoms with van der Waals surface area (Å²) < 4.78 is 6.72. The number of esters is 1. The number of aromatic nitrogens is 2. The number of rotatable bonds is 7. The highest BCUT2D eigenvalue weighted by Gasteiger charge is 2.20. The van der Waals surface area contributed by atoms with Gasteiger partial charge in [-0.1, -0.05) is 29.8 Å². The van der Waals surface area contributed by atoms with Crippen LogP contribution in [-0.4, -0.2) is 46.3 Å². The van der Waals surface area contributed by atoms with Crippen LogP contribution in [0.3, 0.4) is 0 Å². The van der Waals surface area contributed by atoms with E-state index in [0.717, 1.165) is 5.69 Å². The smallest absolute Gasteiger partial charge is 0.331 e. The molecule has 1 aromatic heterocycles. The Bertz CT molecular complexity index is 916. The summed E-state index contributed by atoms with van der Waals surface area (Å²) in [7, 11) is 1.56. The molecular weight excluding hydrogens is 380 g/mol. The number of benzene rings is 1. The number of carbonyl (C=O) groups excluding carboxylic acids is 2. The van der Waals surface area contributed by atoms with Gasteiger partial charge < -0.3 is 9.64 Å². The molecule has 0 radical (unpaired) electrons. The number of hydrogen-bond acceptors (Lipinski definition) is 5. The number of carbonyl (C=O) groups is 2. The zero-order valence-electron chi connectivity index (χ0n) is 15.9. The molecule has 1 atom stereocenters. The number of hydrogen-bond donors (Lipinski definition) is 0. The second-order valence-corrected chi connectivity index (χ2v) is 6.48. The van der Waals surface area contributed by atoms with Crippen molar-refractivity contribution in [2.45, 2.75) is 26.4 Å². The van der Waals surface area contributed by atoms with Crippen LogP contribution in [0.5, 0.6) is 0 Å². The molecule has 0 aliphatic carbocycles. The van der Waals surface area contributed by atoms with Crippen molar-refractivity contribution < 1.29 is 14.3 Å². The van der Waals surface area contributed by atoms with E-state index in [1.807, 2.05) is 36.4 Å². The minimum Gasteiger partial charge on any atom is -0.449 e. The molecule has 7 nitrogen and oxygen atoms in total. The summed E-state index contributed by atoms with van der Waals surface area (Å²) in [5, 5.41) is 13.3. The van der Waals surface area contributed by atoms with Gasteiger partial charge in [-0.15, -0.1) is 0 Å². The third-order valence-corrected chi connectivity index (χ3v) is 4.37. The molecule has 0 N–H and O–H groups in total. The first-order valence-corrected chi connectivity index (χ1v) is 9.04. The first kappa shape index (κ1) is 21.2. The summed E-state index contributed by atoms with van der Waals surface area (Å²) >= 11 is 6.40. The van der Waals surface area contributed by atoms with Gasteiger partial charge in [0.15, 0.2) is 6.10 Å². The molecule has 1 heterocycles. The number of para-hydroxylation sites is 1. The Morgan fingerprint density at radius 1 is 1.39 bits per heavy atom. The predicted octanol–water partition coefficient (Wildman–Crippen LogP) is 3.15. The molecule has 146 valence electrons. The molecule has 0 saturated heterocycles. The highest BCUT2D eigenvalue weighted by Crippen LogP contribution is 2.24. The van der Waals surface area contributed by atoms with Crippen LogP contribution in [0.1, 0.15) is 24.6 Å². The highest BCUT2D eigenvalue weighted by atomic mass is 35.5. The molecule has 0 saturated carbocycles. The fraction of sp³-hybridized carbons (Fsp3) is 0.300. The monoisotopic (exact) mass is 400 g/mol. The zero-order chi connectivity index (χ0) is 20.7. The van der Waals surface area contributed by atoms with Crippen LogP contribution in [0.4, 0.5) is 0 Å². The number of amides is 1. The molecular formula is C20H21ClN4O3. The second-order valence-electron chi connectivity index (χ2n) is 6.12. The Balaban J connectivity index is 2.06. The first-order valence-electron chi connectivity index (χ1n) is 8.66. The van der Waals surface area contributed by atoms with Crippen LogP contribution in [0.25, 0.3) is 11.8 Å². The largest absolute Gasteiger partial charge is 0.449 e. The van der Waals surface area contributed by atoms with Crippen molar-refractivity contribution in [1.29, 1.82) is 5.26 Å². The third-order valence-electron chi connectivity index (χ3n) is 4.01. The van der Waals surface area contributed by atoms with E-state index in [4.69, 9.17) is 21.6 Å². The van der Waals surface area contributed by atoms with Crippen molar-refractivity contribution in [2.75, 3.05) is 13.6 Å². The van der Waals surface area contributed by atoms with Crippen LogP contribution < -0.4 is 0 Å². The molecule has 1 aromatic carbocycles. The lowest BCUT2D eigenvalue weighted by atomic mass is 10.2. The normalized spacial score (nSPS) is 11.8. The lowest BCUT2D eigenvalue weighted by Gasteiger charge is -2.19. The van der Waals surface area contributed by atoms with Gasteiger partial charge in [0.2, 0.25) is 0 Å². The molecule has 0 aliphatic heterocycles. The molecule has 0 bridgehead atoms. The molecule has 0 fully saturated rings. The van der Waals surface area contributed by atoms with Gasteiger partial charge in [0, 0.05) is 25.2 Å². The number of nitriles is 1. The van der Waals surface area contributed by atoms with Crippen molar-refractivity contribution in [3.05, 3.63) is 52.8 Å². The lowest BCUT2D eigenvalue weighted by molar-refractivity contribution is -0.154. The fourth-order valence-corrected chi connectivity index (χ4v) is 2.83. The number of nitrogens with zero attached hydrogens (tertiary/aromatic N) is 4. The number of ether oxygens (including phenoxy) is 1. The van der Waals surface area contributed by atoms with E-state index in [0.29, 0.717) is 16.4 Å². The van der Waals surface area contributed by atoms with E-state index in [1.54, 1.807) is 18.7 Å². The fourth-order valence-electron chi connectivity index (χ4n) is 2.49. The quantitative estimate of drug-likeness (QED) is 0.526. The molecule has 0 spiro atoms. The topological polar surface area (TPSA) is 88.2 Å². The van der Waals surface area contributed by atoms with Gasteiger partial charge in [0.1, 0.15) is 5.15 Å². The molecule has 8 heteroatoms. The van der Waals surface area contributed by atoms with Crippen molar-refractivity contribution in [3.8, 4) is 11.8 Å². The summed E-state index contributed by atoms with van der Waals surface area (Å²) in [6, 6.07) is 11.4. The Kier molecular flexibility index (Phi) is 7.36. The average Bonchev–Trinajstić information content (AvgIpc) is 2.98. The van der Waals surface area contributed by atoms with Gasteiger partial charge in [-0.3, -0.25) is 4.79 Å². The standard InChI is InChI=1S/C20H21ClN4O3/c1-14-17(19(21)25(23-14)16-8-5-4-6-9-16)10-11-18(26)28-15(2)20(27)24(3)13-7-12-22/h4-6,8-11,15H,7,13H2,1-3H3/b11-10+/t15-/m0/s1. The second kappa shape index (κ2) is 9.72. The Morgan fingerprint density at radius 2 is 2.07 bits per heavy atom. The van der Waals surface area contributed by atoms with Crippen LogP contribution in [0.15, 0.2) is 36.4 Å². The van der Waals surface area contributed by atoms with Gasteiger partial charge in [0.05, 0.1) is 23.9 Å². The van der Waals surface area contributed by atoms with E-state index in [2.05, 4.69) is 5.10 Å². The van der Waals surface area contributed by atoms with Gasteiger partial charge in [-0.05, 0) is 32.1 Å². The van der Waals surface area contributed by atoms with Gasteiger partial charge in [-0.25, -0.2) is 9.48 Å². The average molecular weight is 401 g/mol. The molecule has 0 aliphatic rings. The molecule has 1 amide bonds. The van der Waals surface area contributed by atoms with E-state index in [-0.39, 0.29) is 18.9 Å². The minimum absolute atomic E-state index is 0.214. The summed E-state index contributed by atoms with van der Waals surface area (Å²) in [6.45, 7) is 3.55. The Hall–Kier alpha value is -3.11. The van der Waals surface area contributed by atoms with Gasteiger partial charge in [-0.2, -0.15) is 10.4 Å². The summed E-state index contributed by atoms with van der Waals surface area (Å²) in [5.74, 6) is -1.04. The van der Waals surface area contributed by atoms with Gasteiger partial charge >= 0.3 is 5.97 Å². The van der Waals surface area contributed by atoms with Crippen molar-refractivity contribution >= 4 is 29.6 Å². The van der Waals surface area contributed by atoms with Crippen molar-refractivity contribution in [1.82, 2.24) is 14.7 Å². The summed E-state index contributed by atoms with van der Waals surface area (Å²) in [4.78, 5) is 25.5. The number of likely N-dealkylation sites (N-methyl/N-ethyl adjacent to an activating group) is 1. The highest BCUT2D eigenvalue weighted by molar-refractivity contribution is 6.31. The third kappa shape index (κ3) is 5.21. The van der Waals surface area contributed by atoms with Crippen LogP contribution >= 0.6 is 11.6 Å². The maximum absolute atomic E-state index is 12.1. The van der Waals surface area contributed by atoms with Crippen LogP contribution in [0.2, 0.25) is 5.15 Å². The molecule has 2 rings (SSSR count). The Morgan fingerprint density at radius 3 is 2.71 bits per heavy atom. The zero-order valence-corrected chi connectivity index (χ0v) is 16.7. The molecule has 0 unspecified atom stereocenters. The van der Waals surface area contributed by atoms with E-state index >= 15 is 0 Å². The lowest BCUT2D eigenvalue weighted by Crippen LogP contribution is -2.37. The van der Waals surface area contributed by atoms with Crippen molar-refractivity contribution in [2.24, 2.45) is 0 Å². The van der Waals surface area contributed by atoms with E-state index in [9.17, 15) is 9.59 Å². The first-order chi connectivity index (χ1) is 13.3. The Labute approximate surface area is 168 Å². The minimum atomic E-state index is -0.954. The summed E-state index contributed by atoms with van der Waals surface area (Å²) in [5.41, 5.74) is 2.04. The number of aryl methyl sites for hydroxylation is 1. The van der Waals surface area contributed by atoms with E-state index in [1.165, 1.54) is 24.0 Å². The van der Waals surface area contributed by atoms with Gasteiger partial charge in [0.25, 0.3) is 5.91 Å². The molecule has 2 aromatic rings. The van der Waals surface area contributed by atoms with Crippen LogP contribution in [0, 0.1) is 18.3 Å². The number of halogens is 1. The SMILES string of the molecule is Cc1nn(-c2ccccc2)c(Cl)c1/C=C/C(=O)O[C@@H](C)C(=O)N(C)CCC#N. The molecule has 28 heavy (non-hydrogen) atoms. The maximum Gasteiger partial charge on any atom is 0.331 e.